The van der Waals surface area contributed by atoms with Gasteiger partial charge in [-0.3, -0.25) is 4.79 Å². The van der Waals surface area contributed by atoms with Crippen LogP contribution >= 0.6 is 0 Å². The lowest BCUT2D eigenvalue weighted by Crippen LogP contribution is -2.22. The van der Waals surface area contributed by atoms with E-state index in [0.717, 1.165) is 11.1 Å². The van der Waals surface area contributed by atoms with Crippen molar-refractivity contribution in [2.45, 2.75) is 38.9 Å². The van der Waals surface area contributed by atoms with E-state index in [1.54, 1.807) is 0 Å². The molecule has 60 valence electrons. The average Bonchev–Trinajstić information content (AvgIpc) is 2.49. The molecule has 2 nitrogen and oxygen atoms in total. The summed E-state index contributed by atoms with van der Waals surface area (Å²) in [7, 11) is 0. The SMILES string of the molecule is CC1=C(C)C2(C)OC2(C)C1=O. The zero-order valence-electron chi connectivity index (χ0n) is 7.32. The predicted molar refractivity (Wildman–Crippen MR) is 41.3 cm³/mol. The highest BCUT2D eigenvalue weighted by Crippen LogP contribution is 2.59. The second-order valence-corrected chi connectivity index (χ2v) is 3.75. The maximum absolute atomic E-state index is 11.5. The summed E-state index contributed by atoms with van der Waals surface area (Å²) in [5, 5.41) is 0. The molecule has 2 heteroatoms. The minimum Gasteiger partial charge on any atom is -0.350 e. The van der Waals surface area contributed by atoms with Gasteiger partial charge >= 0.3 is 0 Å². The molecular weight excluding hydrogens is 140 g/mol. The zero-order valence-corrected chi connectivity index (χ0v) is 7.32. The van der Waals surface area contributed by atoms with Crippen LogP contribution in [0.3, 0.4) is 0 Å². The monoisotopic (exact) mass is 152 g/mol. The molecule has 2 rings (SSSR count). The predicted octanol–water partition coefficient (Wildman–Crippen LogP) is 1.45. The number of hydrogen-bond donors (Lipinski definition) is 0. The van der Waals surface area contributed by atoms with E-state index in [0.29, 0.717) is 0 Å². The van der Waals surface area contributed by atoms with E-state index >= 15 is 0 Å². The number of epoxide rings is 1. The highest BCUT2D eigenvalue weighted by molar-refractivity contribution is 6.09. The van der Waals surface area contributed by atoms with Crippen molar-refractivity contribution in [2.24, 2.45) is 0 Å². The van der Waals surface area contributed by atoms with E-state index in [1.165, 1.54) is 0 Å². The van der Waals surface area contributed by atoms with Crippen molar-refractivity contribution in [3.8, 4) is 0 Å². The van der Waals surface area contributed by atoms with Gasteiger partial charge < -0.3 is 4.74 Å². The van der Waals surface area contributed by atoms with Gasteiger partial charge in [0.05, 0.1) is 0 Å². The van der Waals surface area contributed by atoms with Crippen LogP contribution in [0, 0.1) is 0 Å². The third-order valence-corrected chi connectivity index (χ3v) is 3.33. The first-order valence-corrected chi connectivity index (χ1v) is 3.86. The lowest BCUT2D eigenvalue weighted by Gasteiger charge is -2.01. The van der Waals surface area contributed by atoms with E-state index in [4.69, 9.17) is 4.74 Å². The summed E-state index contributed by atoms with van der Waals surface area (Å²) >= 11 is 0. The molecule has 2 aliphatic rings. The fraction of sp³-hybridized carbons (Fsp3) is 0.667. The molecule has 2 unspecified atom stereocenters. The summed E-state index contributed by atoms with van der Waals surface area (Å²) in [5.74, 6) is 0.164. The van der Waals surface area contributed by atoms with Crippen molar-refractivity contribution >= 4 is 5.78 Å². The van der Waals surface area contributed by atoms with Crippen LogP contribution in [0.2, 0.25) is 0 Å². The normalized spacial score (nSPS) is 48.2. The molecule has 0 saturated carbocycles. The van der Waals surface area contributed by atoms with Crippen molar-refractivity contribution in [2.75, 3.05) is 0 Å². The van der Waals surface area contributed by atoms with Crippen molar-refractivity contribution in [3.63, 3.8) is 0 Å². The van der Waals surface area contributed by atoms with Crippen LogP contribution in [0.4, 0.5) is 0 Å². The molecular formula is C9H12O2. The number of ketones is 1. The summed E-state index contributed by atoms with van der Waals surface area (Å²) in [4.78, 5) is 11.5. The number of fused-ring (bicyclic) bond motifs is 1. The third-order valence-electron chi connectivity index (χ3n) is 3.33. The van der Waals surface area contributed by atoms with Crippen LogP contribution in [-0.4, -0.2) is 17.0 Å². The Balaban J connectivity index is 2.57. The van der Waals surface area contributed by atoms with Crippen molar-refractivity contribution in [1.29, 1.82) is 0 Å². The molecule has 2 atom stereocenters. The lowest BCUT2D eigenvalue weighted by molar-refractivity contribution is -0.119. The summed E-state index contributed by atoms with van der Waals surface area (Å²) in [5.41, 5.74) is 1.21. The minimum absolute atomic E-state index is 0.164. The second-order valence-electron chi connectivity index (χ2n) is 3.75. The molecule has 0 N–H and O–H groups in total. The van der Waals surface area contributed by atoms with Crippen LogP contribution < -0.4 is 0 Å². The van der Waals surface area contributed by atoms with E-state index < -0.39 is 5.60 Å². The summed E-state index contributed by atoms with van der Waals surface area (Å²) in [6.45, 7) is 7.71. The van der Waals surface area contributed by atoms with Gasteiger partial charge in [0, 0.05) is 0 Å². The number of Topliss-reactive ketones (excluding diaryl/α,β-unsaturated/α-hetero) is 1. The van der Waals surface area contributed by atoms with E-state index in [2.05, 4.69) is 0 Å². The summed E-state index contributed by atoms with van der Waals surface area (Å²) < 4.78 is 5.42. The molecule has 11 heavy (non-hydrogen) atoms. The highest BCUT2D eigenvalue weighted by Gasteiger charge is 2.73. The van der Waals surface area contributed by atoms with Crippen LogP contribution in [-0.2, 0) is 9.53 Å². The van der Waals surface area contributed by atoms with Crippen molar-refractivity contribution < 1.29 is 9.53 Å². The maximum atomic E-state index is 11.5. The molecule has 0 amide bonds. The van der Waals surface area contributed by atoms with E-state index in [-0.39, 0.29) is 11.4 Å². The van der Waals surface area contributed by atoms with Crippen LogP contribution in [0.25, 0.3) is 0 Å². The average molecular weight is 152 g/mol. The molecule has 0 spiro atoms. The fourth-order valence-corrected chi connectivity index (χ4v) is 1.97. The van der Waals surface area contributed by atoms with Gasteiger partial charge in [0.2, 0.25) is 0 Å². The van der Waals surface area contributed by atoms with E-state index in [9.17, 15) is 4.79 Å². The first-order valence-electron chi connectivity index (χ1n) is 3.86. The molecule has 1 aliphatic heterocycles. The van der Waals surface area contributed by atoms with Gasteiger partial charge in [-0.25, -0.2) is 0 Å². The van der Waals surface area contributed by atoms with Crippen molar-refractivity contribution in [3.05, 3.63) is 11.1 Å². The van der Waals surface area contributed by atoms with Gasteiger partial charge in [-0.05, 0) is 38.8 Å². The van der Waals surface area contributed by atoms with Gasteiger partial charge in [0.15, 0.2) is 11.4 Å². The van der Waals surface area contributed by atoms with Crippen LogP contribution in [0.15, 0.2) is 11.1 Å². The van der Waals surface area contributed by atoms with E-state index in [1.807, 2.05) is 27.7 Å². The Bertz CT molecular complexity index is 290. The number of rotatable bonds is 0. The first kappa shape index (κ1) is 7.04. The Kier molecular flexibility index (Phi) is 0.920. The topological polar surface area (TPSA) is 29.6 Å². The molecule has 0 bridgehead atoms. The number of ether oxygens (including phenoxy) is 1. The standard InChI is InChI=1S/C9H12O2/c1-5-6(2)8(3)9(4,11-8)7(5)10/h1-4H3. The quantitative estimate of drug-likeness (QED) is 0.492. The van der Waals surface area contributed by atoms with Gasteiger partial charge in [0.1, 0.15) is 5.60 Å². The largest absolute Gasteiger partial charge is 0.350 e. The van der Waals surface area contributed by atoms with Gasteiger partial charge in [-0.1, -0.05) is 0 Å². The van der Waals surface area contributed by atoms with Crippen molar-refractivity contribution in [1.82, 2.24) is 0 Å². The summed E-state index contributed by atoms with van der Waals surface area (Å²) in [6.07, 6.45) is 0. The molecule has 1 heterocycles. The Morgan fingerprint density at radius 2 is 1.73 bits per heavy atom. The molecule has 1 aliphatic carbocycles. The van der Waals surface area contributed by atoms with Gasteiger partial charge in [-0.15, -0.1) is 0 Å². The molecule has 0 aromatic rings. The third kappa shape index (κ3) is 0.486. The molecule has 0 radical (unpaired) electrons. The Morgan fingerprint density at radius 3 is 1.91 bits per heavy atom. The zero-order chi connectivity index (χ0) is 8.44. The van der Waals surface area contributed by atoms with Crippen LogP contribution in [0.1, 0.15) is 27.7 Å². The Hall–Kier alpha value is -0.630. The number of hydrogen-bond acceptors (Lipinski definition) is 2. The van der Waals surface area contributed by atoms with Gasteiger partial charge in [-0.2, -0.15) is 0 Å². The number of carbonyl (C=O) groups excluding carboxylic acids is 1. The Labute approximate surface area is 66.2 Å². The lowest BCUT2D eigenvalue weighted by atomic mass is 9.95. The molecule has 0 aromatic carbocycles. The second kappa shape index (κ2) is 1.44. The van der Waals surface area contributed by atoms with Crippen LogP contribution in [0.5, 0.6) is 0 Å². The maximum Gasteiger partial charge on any atom is 0.193 e. The summed E-state index contributed by atoms with van der Waals surface area (Å²) in [6, 6.07) is 0. The smallest absolute Gasteiger partial charge is 0.193 e. The first-order chi connectivity index (χ1) is 4.93. The Morgan fingerprint density at radius 1 is 1.18 bits per heavy atom. The molecule has 0 aromatic heterocycles. The minimum atomic E-state index is -0.513. The van der Waals surface area contributed by atoms with Gasteiger partial charge in [0.25, 0.3) is 0 Å². The molecule has 1 fully saturated rings. The molecule has 1 saturated heterocycles. The highest BCUT2D eigenvalue weighted by atomic mass is 16.6. The fourth-order valence-electron chi connectivity index (χ4n) is 1.97. The number of carbonyl (C=O) groups is 1.